The molecular formula is C23H28N2O3. The molecule has 2 amide bonds. The second-order valence-corrected chi connectivity index (χ2v) is 9.11. The molecular weight excluding hydrogens is 352 g/mol. The molecule has 0 radical (unpaired) electrons. The molecule has 3 aliphatic rings. The Morgan fingerprint density at radius 3 is 2.43 bits per heavy atom. The molecule has 2 fully saturated rings. The van der Waals surface area contributed by atoms with E-state index in [0.29, 0.717) is 6.54 Å². The fourth-order valence-electron chi connectivity index (χ4n) is 4.86. The van der Waals surface area contributed by atoms with Gasteiger partial charge in [-0.25, -0.2) is 0 Å². The van der Waals surface area contributed by atoms with Crippen LogP contribution in [-0.4, -0.2) is 41.1 Å². The van der Waals surface area contributed by atoms with Gasteiger partial charge in [-0.15, -0.1) is 0 Å². The lowest BCUT2D eigenvalue weighted by Crippen LogP contribution is -2.51. The highest BCUT2D eigenvalue weighted by molar-refractivity contribution is 6.11. The molecule has 4 rings (SSSR count). The average molecular weight is 380 g/mol. The lowest BCUT2D eigenvalue weighted by atomic mass is 9.79. The minimum atomic E-state index is -0.607. The van der Waals surface area contributed by atoms with E-state index in [1.807, 2.05) is 69.0 Å². The van der Waals surface area contributed by atoms with Crippen molar-refractivity contribution in [2.24, 2.45) is 17.3 Å². The standard InChI is InChI=1S/C23H28N2O3/c1-5-6-13-24-21(27)17-16-12-11-14-9-7-8-10-15(14)25(16)19(18(17)22(24)28)20(26)23(2,3)4/h7-12,16-19H,5-6,13H2,1-4H3/t16-,17+,18+,19+/m1/s1. The van der Waals surface area contributed by atoms with E-state index >= 15 is 0 Å². The summed E-state index contributed by atoms with van der Waals surface area (Å²) < 4.78 is 0. The molecule has 148 valence electrons. The third kappa shape index (κ3) is 2.63. The number of imide groups is 1. The molecule has 0 spiro atoms. The third-order valence-electron chi connectivity index (χ3n) is 6.25. The summed E-state index contributed by atoms with van der Waals surface area (Å²) in [7, 11) is 0. The number of ketones is 1. The Hall–Kier alpha value is -2.43. The summed E-state index contributed by atoms with van der Waals surface area (Å²) in [5, 5.41) is 0. The van der Waals surface area contributed by atoms with Crippen molar-refractivity contribution < 1.29 is 14.4 Å². The number of unbranched alkanes of at least 4 members (excludes halogenated alkanes) is 1. The van der Waals surface area contributed by atoms with Crippen LogP contribution in [0.5, 0.6) is 0 Å². The summed E-state index contributed by atoms with van der Waals surface area (Å²) in [4.78, 5) is 43.5. The van der Waals surface area contributed by atoms with Crippen molar-refractivity contribution in [3.8, 4) is 0 Å². The van der Waals surface area contributed by atoms with Crippen LogP contribution in [0.15, 0.2) is 30.3 Å². The van der Waals surface area contributed by atoms with Gasteiger partial charge < -0.3 is 4.90 Å². The summed E-state index contributed by atoms with van der Waals surface area (Å²) in [6.45, 7) is 8.16. The van der Waals surface area contributed by atoms with Gasteiger partial charge in [-0.2, -0.15) is 0 Å². The van der Waals surface area contributed by atoms with Crippen LogP contribution in [0.4, 0.5) is 5.69 Å². The fraction of sp³-hybridized carbons (Fsp3) is 0.522. The summed E-state index contributed by atoms with van der Waals surface area (Å²) in [6, 6.07) is 7.04. The highest BCUT2D eigenvalue weighted by Gasteiger charge is 2.64. The number of carbonyl (C=O) groups is 3. The molecule has 3 aliphatic heterocycles. The number of rotatable bonds is 4. The number of likely N-dealkylation sites (tertiary alicyclic amines) is 1. The second kappa shape index (κ2) is 6.57. The first kappa shape index (κ1) is 18.9. The van der Waals surface area contributed by atoms with Crippen LogP contribution in [-0.2, 0) is 14.4 Å². The lowest BCUT2D eigenvalue weighted by molar-refractivity contribution is -0.142. The van der Waals surface area contributed by atoms with Gasteiger partial charge in [0.1, 0.15) is 6.04 Å². The molecule has 0 unspecified atom stereocenters. The topological polar surface area (TPSA) is 57.7 Å². The molecule has 1 aromatic carbocycles. The number of fused-ring (bicyclic) bond motifs is 5. The number of nitrogens with zero attached hydrogens (tertiary/aromatic N) is 2. The van der Waals surface area contributed by atoms with E-state index in [1.54, 1.807) is 0 Å². The van der Waals surface area contributed by atoms with Gasteiger partial charge >= 0.3 is 0 Å². The van der Waals surface area contributed by atoms with Crippen molar-refractivity contribution >= 4 is 29.4 Å². The molecule has 3 heterocycles. The van der Waals surface area contributed by atoms with Gasteiger partial charge in [0, 0.05) is 17.6 Å². The zero-order valence-corrected chi connectivity index (χ0v) is 17.0. The number of hydrogen-bond acceptors (Lipinski definition) is 4. The molecule has 1 aromatic rings. The Morgan fingerprint density at radius 1 is 1.07 bits per heavy atom. The molecule has 0 aliphatic carbocycles. The highest BCUT2D eigenvalue weighted by Crippen LogP contribution is 2.49. The lowest BCUT2D eigenvalue weighted by Gasteiger charge is -2.38. The SMILES string of the molecule is CCCCN1C(=O)[C@@H]2[C@H](C1=O)[C@@H](C(=O)C(C)(C)C)N1c3ccccc3C=C[C@H]21. The fourth-order valence-corrected chi connectivity index (χ4v) is 4.86. The molecule has 28 heavy (non-hydrogen) atoms. The maximum Gasteiger partial charge on any atom is 0.235 e. The number of carbonyl (C=O) groups excluding carboxylic acids is 3. The quantitative estimate of drug-likeness (QED) is 0.752. The van der Waals surface area contributed by atoms with Gasteiger partial charge in [0.05, 0.1) is 17.9 Å². The third-order valence-corrected chi connectivity index (χ3v) is 6.25. The van der Waals surface area contributed by atoms with E-state index in [2.05, 4.69) is 0 Å². The van der Waals surface area contributed by atoms with E-state index < -0.39 is 23.3 Å². The van der Waals surface area contributed by atoms with E-state index in [-0.39, 0.29) is 23.6 Å². The number of amides is 2. The van der Waals surface area contributed by atoms with Gasteiger partial charge in [-0.3, -0.25) is 19.3 Å². The van der Waals surface area contributed by atoms with E-state index in [1.165, 1.54) is 4.90 Å². The maximum atomic E-state index is 13.5. The van der Waals surface area contributed by atoms with Crippen LogP contribution in [0.3, 0.4) is 0 Å². The average Bonchev–Trinajstić information content (AvgIpc) is 3.12. The number of benzene rings is 1. The summed E-state index contributed by atoms with van der Waals surface area (Å²) in [6.07, 6.45) is 5.73. The van der Waals surface area contributed by atoms with Crippen LogP contribution in [0.1, 0.15) is 46.1 Å². The van der Waals surface area contributed by atoms with Crippen molar-refractivity contribution in [2.75, 3.05) is 11.4 Å². The van der Waals surface area contributed by atoms with Crippen LogP contribution < -0.4 is 4.90 Å². The Bertz CT molecular complexity index is 867. The predicted octanol–water partition coefficient (Wildman–Crippen LogP) is 3.29. The first-order chi connectivity index (χ1) is 13.3. The molecule has 0 N–H and O–H groups in total. The summed E-state index contributed by atoms with van der Waals surface area (Å²) >= 11 is 0. The van der Waals surface area contributed by atoms with Crippen LogP contribution in [0, 0.1) is 17.3 Å². The van der Waals surface area contributed by atoms with Crippen molar-refractivity contribution in [3.63, 3.8) is 0 Å². The Morgan fingerprint density at radius 2 is 1.75 bits per heavy atom. The van der Waals surface area contributed by atoms with Crippen molar-refractivity contribution in [3.05, 3.63) is 35.9 Å². The van der Waals surface area contributed by atoms with E-state index in [4.69, 9.17) is 0 Å². The van der Waals surface area contributed by atoms with Crippen LogP contribution in [0.2, 0.25) is 0 Å². The monoisotopic (exact) mass is 380 g/mol. The van der Waals surface area contributed by atoms with Gasteiger partial charge in [0.25, 0.3) is 0 Å². The normalized spacial score (nSPS) is 28.4. The largest absolute Gasteiger partial charge is 0.353 e. The van der Waals surface area contributed by atoms with E-state index in [9.17, 15) is 14.4 Å². The Kier molecular flexibility index (Phi) is 4.44. The molecule has 0 bridgehead atoms. The molecule has 4 atom stereocenters. The molecule has 2 saturated heterocycles. The van der Waals surface area contributed by atoms with Crippen molar-refractivity contribution in [1.29, 1.82) is 0 Å². The molecule has 0 saturated carbocycles. The Labute approximate surface area is 166 Å². The van der Waals surface area contributed by atoms with Crippen molar-refractivity contribution in [1.82, 2.24) is 4.90 Å². The van der Waals surface area contributed by atoms with Gasteiger partial charge in [-0.05, 0) is 18.1 Å². The van der Waals surface area contributed by atoms with Crippen molar-refractivity contribution in [2.45, 2.75) is 52.6 Å². The zero-order valence-electron chi connectivity index (χ0n) is 17.0. The first-order valence-electron chi connectivity index (χ1n) is 10.2. The molecule has 5 nitrogen and oxygen atoms in total. The zero-order chi connectivity index (χ0) is 20.2. The Balaban J connectivity index is 1.82. The van der Waals surface area contributed by atoms with Crippen LogP contribution >= 0.6 is 0 Å². The van der Waals surface area contributed by atoms with E-state index in [0.717, 1.165) is 24.1 Å². The number of para-hydroxylation sites is 1. The first-order valence-corrected chi connectivity index (χ1v) is 10.2. The van der Waals surface area contributed by atoms with Gasteiger partial charge in [-0.1, -0.05) is 64.5 Å². The summed E-state index contributed by atoms with van der Waals surface area (Å²) in [5.74, 6) is -1.35. The van der Waals surface area contributed by atoms with Gasteiger partial charge in [0.15, 0.2) is 5.78 Å². The van der Waals surface area contributed by atoms with Crippen LogP contribution in [0.25, 0.3) is 6.08 Å². The minimum absolute atomic E-state index is 0.0218. The smallest absolute Gasteiger partial charge is 0.235 e. The minimum Gasteiger partial charge on any atom is -0.353 e. The molecule has 0 aromatic heterocycles. The summed E-state index contributed by atoms with van der Waals surface area (Å²) in [5.41, 5.74) is 1.36. The number of anilines is 1. The maximum absolute atomic E-state index is 13.5. The molecule has 5 heteroatoms. The van der Waals surface area contributed by atoms with Gasteiger partial charge in [0.2, 0.25) is 11.8 Å². The number of hydrogen-bond donors (Lipinski definition) is 0. The second-order valence-electron chi connectivity index (χ2n) is 9.11. The number of Topliss-reactive ketones (excluding diaryl/α,β-unsaturated/α-hetero) is 1. The predicted molar refractivity (Wildman–Crippen MR) is 109 cm³/mol. The highest BCUT2D eigenvalue weighted by atomic mass is 16.2.